The highest BCUT2D eigenvalue weighted by molar-refractivity contribution is 5.94. The van der Waals surface area contributed by atoms with E-state index in [4.69, 9.17) is 9.84 Å². The molecule has 1 aromatic rings. The van der Waals surface area contributed by atoms with Crippen LogP contribution < -0.4 is 5.32 Å². The molecule has 1 aliphatic heterocycles. The highest BCUT2D eigenvalue weighted by atomic mass is 16.5. The first-order valence-electron chi connectivity index (χ1n) is 5.90. The third-order valence-electron chi connectivity index (χ3n) is 3.02. The van der Waals surface area contributed by atoms with Crippen molar-refractivity contribution in [2.75, 3.05) is 19.8 Å². The molecule has 0 saturated carbocycles. The normalized spacial score (nSPS) is 16.7. The van der Waals surface area contributed by atoms with Crippen molar-refractivity contribution in [1.29, 1.82) is 0 Å². The van der Waals surface area contributed by atoms with Crippen LogP contribution in [-0.2, 0) is 4.74 Å². The maximum absolute atomic E-state index is 11.8. The third kappa shape index (κ3) is 3.46. The summed E-state index contributed by atoms with van der Waals surface area (Å²) in [6, 6.07) is 6.27. The lowest BCUT2D eigenvalue weighted by Crippen LogP contribution is -2.32. The van der Waals surface area contributed by atoms with Gasteiger partial charge < -0.3 is 15.2 Å². The molecule has 2 rings (SSSR count). The molecule has 1 fully saturated rings. The number of aromatic hydroxyl groups is 1. The smallest absolute Gasteiger partial charge is 0.251 e. The van der Waals surface area contributed by atoms with E-state index in [1.165, 1.54) is 12.1 Å². The Morgan fingerprint density at radius 2 is 1.94 bits per heavy atom. The molecular formula is C13H17NO3. The van der Waals surface area contributed by atoms with Crippen LogP contribution in [0.4, 0.5) is 0 Å². The van der Waals surface area contributed by atoms with Gasteiger partial charge in [0.1, 0.15) is 5.75 Å². The van der Waals surface area contributed by atoms with Gasteiger partial charge in [0.2, 0.25) is 0 Å². The fraction of sp³-hybridized carbons (Fsp3) is 0.462. The lowest BCUT2D eigenvalue weighted by atomic mass is 10.0. The molecule has 92 valence electrons. The second-order valence-corrected chi connectivity index (χ2v) is 4.31. The van der Waals surface area contributed by atoms with Gasteiger partial charge in [0.15, 0.2) is 0 Å². The molecule has 1 heterocycles. The van der Waals surface area contributed by atoms with E-state index in [-0.39, 0.29) is 11.7 Å². The predicted molar refractivity (Wildman–Crippen MR) is 64.0 cm³/mol. The monoisotopic (exact) mass is 235 g/mol. The van der Waals surface area contributed by atoms with E-state index in [1.807, 2.05) is 0 Å². The standard InChI is InChI=1S/C13H17NO3/c15-12-3-1-11(2-4-12)13(16)14-9-10-5-7-17-8-6-10/h1-4,10,15H,5-9H2,(H,14,16). The molecule has 1 amide bonds. The molecule has 0 bridgehead atoms. The number of carbonyl (C=O) groups is 1. The van der Waals surface area contributed by atoms with E-state index in [0.29, 0.717) is 18.0 Å². The van der Waals surface area contributed by atoms with E-state index in [1.54, 1.807) is 12.1 Å². The van der Waals surface area contributed by atoms with Crippen molar-refractivity contribution in [3.63, 3.8) is 0 Å². The molecule has 4 nitrogen and oxygen atoms in total. The van der Waals surface area contributed by atoms with Gasteiger partial charge in [-0.25, -0.2) is 0 Å². The Morgan fingerprint density at radius 3 is 2.59 bits per heavy atom. The van der Waals surface area contributed by atoms with Crippen molar-refractivity contribution < 1.29 is 14.6 Å². The molecule has 0 atom stereocenters. The molecule has 17 heavy (non-hydrogen) atoms. The first-order chi connectivity index (χ1) is 8.25. The van der Waals surface area contributed by atoms with Crippen LogP contribution in [-0.4, -0.2) is 30.8 Å². The number of hydrogen-bond donors (Lipinski definition) is 2. The van der Waals surface area contributed by atoms with E-state index >= 15 is 0 Å². The Morgan fingerprint density at radius 1 is 1.29 bits per heavy atom. The molecule has 1 aromatic carbocycles. The predicted octanol–water partition coefficient (Wildman–Crippen LogP) is 1.55. The molecule has 0 unspecified atom stereocenters. The number of phenols is 1. The highest BCUT2D eigenvalue weighted by Gasteiger charge is 2.15. The molecule has 2 N–H and O–H groups in total. The minimum atomic E-state index is -0.0866. The van der Waals surface area contributed by atoms with Crippen molar-refractivity contribution in [3.05, 3.63) is 29.8 Å². The van der Waals surface area contributed by atoms with Crippen LogP contribution in [0.15, 0.2) is 24.3 Å². The zero-order valence-corrected chi connectivity index (χ0v) is 9.69. The summed E-state index contributed by atoms with van der Waals surface area (Å²) in [5, 5.41) is 12.0. The van der Waals surface area contributed by atoms with E-state index in [0.717, 1.165) is 26.1 Å². The summed E-state index contributed by atoms with van der Waals surface area (Å²) in [5.41, 5.74) is 0.579. The fourth-order valence-electron chi connectivity index (χ4n) is 1.90. The second-order valence-electron chi connectivity index (χ2n) is 4.31. The minimum Gasteiger partial charge on any atom is -0.508 e. The number of nitrogens with one attached hydrogen (secondary N) is 1. The van der Waals surface area contributed by atoms with Crippen molar-refractivity contribution in [2.45, 2.75) is 12.8 Å². The first-order valence-corrected chi connectivity index (χ1v) is 5.90. The number of carbonyl (C=O) groups excluding carboxylic acids is 1. The first kappa shape index (κ1) is 11.9. The zero-order chi connectivity index (χ0) is 12.1. The van der Waals surface area contributed by atoms with Gasteiger partial charge in [-0.1, -0.05) is 0 Å². The lowest BCUT2D eigenvalue weighted by molar-refractivity contribution is 0.0642. The topological polar surface area (TPSA) is 58.6 Å². The zero-order valence-electron chi connectivity index (χ0n) is 9.69. The number of phenolic OH excluding ortho intramolecular Hbond substituents is 1. The molecule has 0 spiro atoms. The van der Waals surface area contributed by atoms with E-state index in [9.17, 15) is 4.79 Å². The molecule has 0 aliphatic carbocycles. The average Bonchev–Trinajstić information content (AvgIpc) is 2.38. The molecule has 1 saturated heterocycles. The Bertz CT molecular complexity index is 369. The van der Waals surface area contributed by atoms with Gasteiger partial charge in [-0.3, -0.25) is 4.79 Å². The number of rotatable bonds is 3. The van der Waals surface area contributed by atoms with Crippen LogP contribution in [0.1, 0.15) is 23.2 Å². The molecular weight excluding hydrogens is 218 g/mol. The van der Waals surface area contributed by atoms with Crippen molar-refractivity contribution in [2.24, 2.45) is 5.92 Å². The van der Waals surface area contributed by atoms with Gasteiger partial charge in [-0.2, -0.15) is 0 Å². The van der Waals surface area contributed by atoms with Crippen molar-refractivity contribution in [3.8, 4) is 5.75 Å². The van der Waals surface area contributed by atoms with Gasteiger partial charge in [-0.15, -0.1) is 0 Å². The van der Waals surface area contributed by atoms with Crippen LogP contribution >= 0.6 is 0 Å². The molecule has 0 aromatic heterocycles. The van der Waals surface area contributed by atoms with Crippen LogP contribution in [0, 0.1) is 5.92 Å². The highest BCUT2D eigenvalue weighted by Crippen LogP contribution is 2.14. The maximum atomic E-state index is 11.8. The van der Waals surface area contributed by atoms with Crippen molar-refractivity contribution in [1.82, 2.24) is 5.32 Å². The van der Waals surface area contributed by atoms with Gasteiger partial charge >= 0.3 is 0 Å². The van der Waals surface area contributed by atoms with Crippen LogP contribution in [0.25, 0.3) is 0 Å². The number of benzene rings is 1. The lowest BCUT2D eigenvalue weighted by Gasteiger charge is -2.22. The number of amides is 1. The van der Waals surface area contributed by atoms with Crippen LogP contribution in [0.3, 0.4) is 0 Å². The van der Waals surface area contributed by atoms with Gasteiger partial charge in [0.25, 0.3) is 5.91 Å². The Hall–Kier alpha value is -1.55. The Kier molecular flexibility index (Phi) is 3.98. The van der Waals surface area contributed by atoms with Gasteiger partial charge in [0.05, 0.1) is 0 Å². The largest absolute Gasteiger partial charge is 0.508 e. The summed E-state index contributed by atoms with van der Waals surface area (Å²) in [4.78, 5) is 11.8. The summed E-state index contributed by atoms with van der Waals surface area (Å²) >= 11 is 0. The van der Waals surface area contributed by atoms with E-state index < -0.39 is 0 Å². The van der Waals surface area contributed by atoms with Gasteiger partial charge in [-0.05, 0) is 43.0 Å². The van der Waals surface area contributed by atoms with E-state index in [2.05, 4.69) is 5.32 Å². The average molecular weight is 235 g/mol. The maximum Gasteiger partial charge on any atom is 0.251 e. The Labute approximate surface area is 101 Å². The summed E-state index contributed by atoms with van der Waals surface area (Å²) in [5.74, 6) is 0.604. The summed E-state index contributed by atoms with van der Waals surface area (Å²) < 4.78 is 5.26. The fourth-order valence-corrected chi connectivity index (χ4v) is 1.90. The third-order valence-corrected chi connectivity index (χ3v) is 3.02. The Balaban J connectivity index is 1.82. The SMILES string of the molecule is O=C(NCC1CCOCC1)c1ccc(O)cc1. The number of ether oxygens (including phenoxy) is 1. The molecule has 0 radical (unpaired) electrons. The van der Waals surface area contributed by atoms with Crippen LogP contribution in [0.5, 0.6) is 5.75 Å². The summed E-state index contributed by atoms with van der Waals surface area (Å²) in [6.45, 7) is 2.28. The quantitative estimate of drug-likeness (QED) is 0.835. The van der Waals surface area contributed by atoms with Gasteiger partial charge in [0, 0.05) is 25.3 Å². The van der Waals surface area contributed by atoms with Crippen LogP contribution in [0.2, 0.25) is 0 Å². The summed E-state index contributed by atoms with van der Waals surface area (Å²) in [7, 11) is 0. The summed E-state index contributed by atoms with van der Waals surface area (Å²) in [6.07, 6.45) is 2.02. The number of hydrogen-bond acceptors (Lipinski definition) is 3. The molecule has 1 aliphatic rings. The molecule has 4 heteroatoms. The minimum absolute atomic E-state index is 0.0866. The van der Waals surface area contributed by atoms with Crippen molar-refractivity contribution >= 4 is 5.91 Å². The second kappa shape index (κ2) is 5.68.